The van der Waals surface area contributed by atoms with Crippen LogP contribution in [0, 0.1) is 12.7 Å². The number of esters is 1. The summed E-state index contributed by atoms with van der Waals surface area (Å²) in [4.78, 5) is 13.9. The Balaban J connectivity index is 1.59. The van der Waals surface area contributed by atoms with Gasteiger partial charge in [0.25, 0.3) is 0 Å². The lowest BCUT2D eigenvalue weighted by Crippen LogP contribution is -2.39. The van der Waals surface area contributed by atoms with E-state index in [1.54, 1.807) is 19.9 Å². The van der Waals surface area contributed by atoms with E-state index in [2.05, 4.69) is 4.90 Å². The summed E-state index contributed by atoms with van der Waals surface area (Å²) in [5.74, 6) is 0.391. The van der Waals surface area contributed by atoms with Gasteiger partial charge in [-0.3, -0.25) is 9.69 Å². The molecule has 0 aromatic heterocycles. The largest absolute Gasteiger partial charge is 0.491 e. The molecule has 1 aliphatic rings. The van der Waals surface area contributed by atoms with Crippen molar-refractivity contribution >= 4 is 12.0 Å². The van der Waals surface area contributed by atoms with Crippen LogP contribution in [0.25, 0.3) is 6.08 Å². The number of carbonyl (C=O) groups is 1. The van der Waals surface area contributed by atoms with Gasteiger partial charge >= 0.3 is 5.97 Å². The Morgan fingerprint density at radius 3 is 2.73 bits per heavy atom. The van der Waals surface area contributed by atoms with Crippen LogP contribution in [0.1, 0.15) is 81.7 Å². The first-order valence-corrected chi connectivity index (χ1v) is 14.6. The molecule has 220 valence electrons. The Hall–Kier alpha value is -2.74. The van der Waals surface area contributed by atoms with Crippen LogP contribution < -0.4 is 4.74 Å². The molecule has 2 aromatic rings. The van der Waals surface area contributed by atoms with Gasteiger partial charge in [-0.2, -0.15) is 0 Å². The highest BCUT2D eigenvalue weighted by Gasteiger charge is 2.27. The summed E-state index contributed by atoms with van der Waals surface area (Å²) in [7, 11) is 0. The highest BCUT2D eigenvalue weighted by Crippen LogP contribution is 2.28. The van der Waals surface area contributed by atoms with Gasteiger partial charge in [-0.15, -0.1) is 0 Å². The molecule has 0 radical (unpaired) electrons. The zero-order valence-corrected chi connectivity index (χ0v) is 24.7. The molecule has 1 heterocycles. The minimum Gasteiger partial charge on any atom is -0.491 e. The lowest BCUT2D eigenvalue weighted by Gasteiger charge is -2.28. The van der Waals surface area contributed by atoms with Crippen LogP contribution in [0.5, 0.6) is 5.75 Å². The van der Waals surface area contributed by atoms with Crippen LogP contribution in [0.4, 0.5) is 4.39 Å². The summed E-state index contributed by atoms with van der Waals surface area (Å²) in [6.07, 6.45) is 6.88. The molecular weight excluding hydrogens is 509 g/mol. The van der Waals surface area contributed by atoms with E-state index in [0.29, 0.717) is 31.6 Å². The molecule has 1 fully saturated rings. The third kappa shape index (κ3) is 10.0. The number of aryl methyl sites for hydroxylation is 1. The Bertz CT molecular complexity index is 1120. The molecule has 6 nitrogen and oxygen atoms in total. The summed E-state index contributed by atoms with van der Waals surface area (Å²) in [6, 6.07) is 11.7. The van der Waals surface area contributed by atoms with Gasteiger partial charge in [-0.25, -0.2) is 4.39 Å². The maximum Gasteiger partial charge on any atom is 0.306 e. The van der Waals surface area contributed by atoms with Crippen LogP contribution in [0.2, 0.25) is 0 Å². The number of hydrogen-bond donors (Lipinski definition) is 1. The van der Waals surface area contributed by atoms with Crippen LogP contribution in [-0.4, -0.2) is 60.5 Å². The predicted molar refractivity (Wildman–Crippen MR) is 157 cm³/mol. The molecule has 1 aliphatic heterocycles. The highest BCUT2D eigenvalue weighted by atomic mass is 19.1. The van der Waals surface area contributed by atoms with Crippen molar-refractivity contribution in [1.29, 1.82) is 0 Å². The summed E-state index contributed by atoms with van der Waals surface area (Å²) < 4.78 is 31.1. The standard InChI is InChI=1S/C33H46FNO5/c1-6-38-33(37)12-8-7-10-27-15-16-30(40-23(2)3)20-31(27)25(5)39-22-29(36)21-35-17-9-11-28(35)18-26-14-13-24(4)32(34)19-26/h7,10,13-16,19-20,23,25,28-29,36H,6,8-9,11-12,17-18,21-22H2,1-5H3/t25-,28+,29-/m1/s1. The second-order valence-corrected chi connectivity index (χ2v) is 10.9. The maximum atomic E-state index is 14.0. The summed E-state index contributed by atoms with van der Waals surface area (Å²) in [5.41, 5.74) is 3.58. The van der Waals surface area contributed by atoms with Crippen molar-refractivity contribution in [1.82, 2.24) is 4.90 Å². The fourth-order valence-corrected chi connectivity index (χ4v) is 5.12. The first kappa shape index (κ1) is 31.8. The number of allylic oxidation sites excluding steroid dienone is 1. The van der Waals surface area contributed by atoms with Crippen LogP contribution in [0.15, 0.2) is 42.5 Å². The normalized spacial score (nSPS) is 17.4. The van der Waals surface area contributed by atoms with E-state index in [0.717, 1.165) is 48.2 Å². The van der Waals surface area contributed by atoms with Crippen molar-refractivity contribution in [3.8, 4) is 5.75 Å². The molecule has 40 heavy (non-hydrogen) atoms. The number of β-amino-alcohol motifs (C(OH)–C–C–N with tert-alkyl or cyclic N) is 1. The number of hydrogen-bond acceptors (Lipinski definition) is 6. The molecule has 1 saturated heterocycles. The summed E-state index contributed by atoms with van der Waals surface area (Å²) in [5, 5.41) is 10.9. The van der Waals surface area contributed by atoms with Crippen molar-refractivity contribution in [2.24, 2.45) is 0 Å². The molecule has 2 aromatic carbocycles. The molecule has 0 saturated carbocycles. The Morgan fingerprint density at radius 2 is 2.00 bits per heavy atom. The minimum atomic E-state index is -0.642. The number of benzene rings is 2. The highest BCUT2D eigenvalue weighted by molar-refractivity contribution is 5.69. The fourth-order valence-electron chi connectivity index (χ4n) is 5.12. The van der Waals surface area contributed by atoms with Crippen molar-refractivity contribution < 1.29 is 28.5 Å². The number of likely N-dealkylation sites (tertiary alicyclic amines) is 1. The van der Waals surface area contributed by atoms with Crippen molar-refractivity contribution in [2.75, 3.05) is 26.3 Å². The molecule has 7 heteroatoms. The van der Waals surface area contributed by atoms with Gasteiger partial charge in [0.1, 0.15) is 11.6 Å². The van der Waals surface area contributed by atoms with E-state index in [-0.39, 0.29) is 36.6 Å². The average Bonchev–Trinajstić information content (AvgIpc) is 3.33. The monoisotopic (exact) mass is 555 g/mol. The zero-order valence-electron chi connectivity index (χ0n) is 24.7. The average molecular weight is 556 g/mol. The van der Waals surface area contributed by atoms with E-state index in [1.807, 2.05) is 63.3 Å². The number of halogens is 1. The van der Waals surface area contributed by atoms with Crippen LogP contribution in [-0.2, 0) is 20.7 Å². The first-order chi connectivity index (χ1) is 19.2. The third-order valence-corrected chi connectivity index (χ3v) is 7.18. The number of aliphatic hydroxyl groups excluding tert-OH is 1. The molecule has 3 rings (SSSR count). The fraction of sp³-hybridized carbons (Fsp3) is 0.545. The molecule has 0 bridgehead atoms. The van der Waals surface area contributed by atoms with Crippen molar-refractivity contribution in [3.05, 3.63) is 70.5 Å². The van der Waals surface area contributed by atoms with Crippen LogP contribution in [0.3, 0.4) is 0 Å². The van der Waals surface area contributed by atoms with E-state index in [4.69, 9.17) is 14.2 Å². The molecule has 0 amide bonds. The quantitative estimate of drug-likeness (QED) is 0.256. The van der Waals surface area contributed by atoms with Crippen molar-refractivity contribution in [3.63, 3.8) is 0 Å². The van der Waals surface area contributed by atoms with E-state index >= 15 is 0 Å². The van der Waals surface area contributed by atoms with Gasteiger partial charge in [-0.05, 0) is 107 Å². The summed E-state index contributed by atoms with van der Waals surface area (Å²) in [6.45, 7) is 11.5. The van der Waals surface area contributed by atoms with E-state index in [1.165, 1.54) is 0 Å². The lowest BCUT2D eigenvalue weighted by atomic mass is 10.0. The SMILES string of the molecule is CCOC(=O)CCC=Cc1ccc(OC(C)C)cc1[C@@H](C)OC[C@H](O)CN1CCC[C@H]1Cc1ccc(C)c(F)c1. The lowest BCUT2D eigenvalue weighted by molar-refractivity contribution is -0.143. The second-order valence-electron chi connectivity index (χ2n) is 10.9. The van der Waals surface area contributed by atoms with Gasteiger partial charge in [-0.1, -0.05) is 30.4 Å². The molecule has 0 aliphatic carbocycles. The number of carbonyl (C=O) groups excluding carboxylic acids is 1. The number of ether oxygens (including phenoxy) is 3. The zero-order chi connectivity index (χ0) is 29.1. The van der Waals surface area contributed by atoms with Gasteiger partial charge < -0.3 is 19.3 Å². The van der Waals surface area contributed by atoms with Crippen LogP contribution >= 0.6 is 0 Å². The number of aliphatic hydroxyl groups is 1. The van der Waals surface area contributed by atoms with E-state index < -0.39 is 6.10 Å². The predicted octanol–water partition coefficient (Wildman–Crippen LogP) is 6.42. The molecule has 1 N–H and O–H groups in total. The number of nitrogens with zero attached hydrogens (tertiary/aromatic N) is 1. The van der Waals surface area contributed by atoms with Gasteiger partial charge in [0, 0.05) is 19.0 Å². The molecule has 0 spiro atoms. The summed E-state index contributed by atoms with van der Waals surface area (Å²) >= 11 is 0. The third-order valence-electron chi connectivity index (χ3n) is 7.18. The molecule has 0 unspecified atom stereocenters. The van der Waals surface area contributed by atoms with Gasteiger partial charge in [0.15, 0.2) is 0 Å². The molecule has 3 atom stereocenters. The first-order valence-electron chi connectivity index (χ1n) is 14.6. The maximum absolute atomic E-state index is 14.0. The minimum absolute atomic E-state index is 0.0432. The molecular formula is C33H46FNO5. The van der Waals surface area contributed by atoms with E-state index in [9.17, 15) is 14.3 Å². The Morgan fingerprint density at radius 1 is 1.20 bits per heavy atom. The number of rotatable bonds is 15. The smallest absolute Gasteiger partial charge is 0.306 e. The Kier molecular flexibility index (Phi) is 12.6. The van der Waals surface area contributed by atoms with Crippen molar-refractivity contribution in [2.45, 2.75) is 91.1 Å². The van der Waals surface area contributed by atoms with Gasteiger partial charge in [0.05, 0.1) is 31.5 Å². The second kappa shape index (κ2) is 15.9. The Labute approximate surface area is 239 Å². The topological polar surface area (TPSA) is 68.2 Å². The van der Waals surface area contributed by atoms with Gasteiger partial charge in [0.2, 0.25) is 0 Å².